The first kappa shape index (κ1) is 18.6. The maximum atomic E-state index is 6.15. The number of morpholine rings is 1. The molecular formula is C17H20ClN5O2S. The highest BCUT2D eigenvalue weighted by atomic mass is 35.5. The van der Waals surface area contributed by atoms with Gasteiger partial charge in [0.15, 0.2) is 5.11 Å². The fourth-order valence-electron chi connectivity index (χ4n) is 2.49. The first-order valence-corrected chi connectivity index (χ1v) is 8.98. The predicted octanol–water partition coefficient (Wildman–Crippen LogP) is 2.46. The molecule has 1 fully saturated rings. The molecule has 1 aliphatic rings. The van der Waals surface area contributed by atoms with Gasteiger partial charge in [-0.05, 0) is 23.8 Å². The average molecular weight is 394 g/mol. The van der Waals surface area contributed by atoms with Gasteiger partial charge in [0.05, 0.1) is 20.3 Å². The van der Waals surface area contributed by atoms with E-state index in [4.69, 9.17) is 33.3 Å². The Morgan fingerprint density at radius 1 is 1.31 bits per heavy atom. The van der Waals surface area contributed by atoms with Gasteiger partial charge in [-0.15, -0.1) is 0 Å². The van der Waals surface area contributed by atoms with Crippen molar-refractivity contribution in [3.63, 3.8) is 0 Å². The highest BCUT2D eigenvalue weighted by Gasteiger charge is 2.15. The van der Waals surface area contributed by atoms with Gasteiger partial charge in [-0.1, -0.05) is 29.8 Å². The normalized spacial score (nSPS) is 14.0. The van der Waals surface area contributed by atoms with Crippen LogP contribution in [0.1, 0.15) is 5.56 Å². The van der Waals surface area contributed by atoms with E-state index in [0.717, 1.165) is 24.5 Å². The third kappa shape index (κ3) is 4.94. The van der Waals surface area contributed by atoms with Crippen LogP contribution in [0.4, 0.5) is 11.8 Å². The Morgan fingerprint density at radius 3 is 2.81 bits per heavy atom. The first-order chi connectivity index (χ1) is 12.7. The number of thiocarbonyl (C=S) groups is 1. The van der Waals surface area contributed by atoms with Crippen molar-refractivity contribution in [2.45, 2.75) is 6.54 Å². The molecule has 0 bridgehead atoms. The summed E-state index contributed by atoms with van der Waals surface area (Å²) in [6, 6.07) is 9.40. The minimum Gasteiger partial charge on any atom is -0.481 e. The van der Waals surface area contributed by atoms with Gasteiger partial charge in [-0.25, -0.2) is 0 Å². The molecule has 0 aliphatic carbocycles. The minimum absolute atomic E-state index is 0.377. The van der Waals surface area contributed by atoms with Gasteiger partial charge in [-0.3, -0.25) is 0 Å². The van der Waals surface area contributed by atoms with Crippen LogP contribution >= 0.6 is 23.8 Å². The van der Waals surface area contributed by atoms with Gasteiger partial charge in [0.25, 0.3) is 0 Å². The first-order valence-electron chi connectivity index (χ1n) is 8.20. The number of nitrogens with zero attached hydrogens (tertiary/aromatic N) is 3. The van der Waals surface area contributed by atoms with Crippen molar-refractivity contribution in [1.29, 1.82) is 0 Å². The average Bonchev–Trinajstić information content (AvgIpc) is 2.67. The number of anilines is 2. The Kier molecular flexibility index (Phi) is 6.43. The summed E-state index contributed by atoms with van der Waals surface area (Å²) < 4.78 is 10.7. The third-order valence-electron chi connectivity index (χ3n) is 3.86. The number of hydrogen-bond donors (Lipinski definition) is 2. The molecule has 0 radical (unpaired) electrons. The summed E-state index contributed by atoms with van der Waals surface area (Å²) in [5.41, 5.74) is 0.957. The number of rotatable bonds is 5. The van der Waals surface area contributed by atoms with Gasteiger partial charge in [0.2, 0.25) is 11.8 Å². The zero-order chi connectivity index (χ0) is 18.4. The van der Waals surface area contributed by atoms with E-state index in [1.165, 1.54) is 0 Å². The number of aromatic nitrogens is 2. The van der Waals surface area contributed by atoms with Crippen molar-refractivity contribution >= 4 is 40.7 Å². The van der Waals surface area contributed by atoms with Crippen molar-refractivity contribution < 1.29 is 9.47 Å². The lowest BCUT2D eigenvalue weighted by Crippen LogP contribution is -2.37. The molecule has 9 heteroatoms. The van der Waals surface area contributed by atoms with Crippen LogP contribution in [-0.2, 0) is 11.3 Å². The third-order valence-corrected chi connectivity index (χ3v) is 4.47. The minimum atomic E-state index is 0.377. The second kappa shape index (κ2) is 8.98. The van der Waals surface area contributed by atoms with E-state index < -0.39 is 0 Å². The summed E-state index contributed by atoms with van der Waals surface area (Å²) in [6.45, 7) is 3.40. The number of hydrogen-bond acceptors (Lipinski definition) is 6. The van der Waals surface area contributed by atoms with Crippen molar-refractivity contribution in [3.05, 3.63) is 40.9 Å². The molecule has 2 N–H and O–H groups in total. The predicted molar refractivity (Wildman–Crippen MR) is 106 cm³/mol. The van der Waals surface area contributed by atoms with E-state index in [2.05, 4.69) is 25.5 Å². The van der Waals surface area contributed by atoms with Gasteiger partial charge < -0.3 is 25.0 Å². The van der Waals surface area contributed by atoms with Crippen LogP contribution in [0.15, 0.2) is 30.3 Å². The fourth-order valence-corrected chi connectivity index (χ4v) is 2.86. The number of nitrogens with one attached hydrogen (secondary N) is 2. The van der Waals surface area contributed by atoms with Crippen molar-refractivity contribution in [3.8, 4) is 5.88 Å². The van der Waals surface area contributed by atoms with Crippen LogP contribution in [0.25, 0.3) is 0 Å². The summed E-state index contributed by atoms with van der Waals surface area (Å²) >= 11 is 11.5. The molecule has 1 saturated heterocycles. The lowest BCUT2D eigenvalue weighted by Gasteiger charge is -2.28. The highest BCUT2D eigenvalue weighted by molar-refractivity contribution is 7.80. The van der Waals surface area contributed by atoms with E-state index in [0.29, 0.717) is 41.7 Å². The standard InChI is InChI=1S/C17H20ClN5O2S/c1-24-15-10-14(23-6-8-25-9-7-23)20-16(21-15)22-17(26)19-11-12-4-2-3-5-13(12)18/h2-5,10H,6-9,11H2,1H3,(H2,19,20,21,22,26). The zero-order valence-electron chi connectivity index (χ0n) is 14.4. The molecule has 1 aromatic heterocycles. The Morgan fingerprint density at radius 2 is 2.08 bits per heavy atom. The number of benzene rings is 1. The van der Waals surface area contributed by atoms with Crippen molar-refractivity contribution in [2.75, 3.05) is 43.6 Å². The fraction of sp³-hybridized carbons (Fsp3) is 0.353. The van der Waals surface area contributed by atoms with E-state index in [1.54, 1.807) is 13.2 Å². The summed E-state index contributed by atoms with van der Waals surface area (Å²) in [4.78, 5) is 11.0. The Hall–Kier alpha value is -2.16. The zero-order valence-corrected chi connectivity index (χ0v) is 15.9. The topological polar surface area (TPSA) is 71.5 Å². The molecular weight excluding hydrogens is 374 g/mol. The molecule has 138 valence electrons. The van der Waals surface area contributed by atoms with Crippen LogP contribution in [0.3, 0.4) is 0 Å². The summed E-state index contributed by atoms with van der Waals surface area (Å²) in [6.07, 6.45) is 0. The summed E-state index contributed by atoms with van der Waals surface area (Å²) in [7, 11) is 1.57. The molecule has 1 aliphatic heterocycles. The Balaban J connectivity index is 1.66. The SMILES string of the molecule is COc1cc(N2CCOCC2)nc(NC(=S)NCc2ccccc2Cl)n1. The molecule has 2 aromatic rings. The molecule has 7 nitrogen and oxygen atoms in total. The maximum Gasteiger partial charge on any atom is 0.234 e. The summed E-state index contributed by atoms with van der Waals surface area (Å²) in [5.74, 6) is 1.62. The lowest BCUT2D eigenvalue weighted by atomic mass is 10.2. The van der Waals surface area contributed by atoms with E-state index in [1.807, 2.05) is 24.3 Å². The maximum absolute atomic E-state index is 6.15. The number of ether oxygens (including phenoxy) is 2. The second-order valence-corrected chi connectivity index (χ2v) is 6.41. The van der Waals surface area contributed by atoms with Crippen LogP contribution in [0, 0.1) is 0 Å². The van der Waals surface area contributed by atoms with E-state index in [9.17, 15) is 0 Å². The van der Waals surface area contributed by atoms with Gasteiger partial charge in [0, 0.05) is 30.7 Å². The van der Waals surface area contributed by atoms with Crippen molar-refractivity contribution in [2.24, 2.45) is 0 Å². The molecule has 0 amide bonds. The smallest absolute Gasteiger partial charge is 0.234 e. The Labute approximate surface area is 162 Å². The van der Waals surface area contributed by atoms with Gasteiger partial charge >= 0.3 is 0 Å². The number of methoxy groups -OCH3 is 1. The second-order valence-electron chi connectivity index (χ2n) is 5.59. The molecule has 2 heterocycles. The Bertz CT molecular complexity index is 771. The largest absolute Gasteiger partial charge is 0.481 e. The molecule has 26 heavy (non-hydrogen) atoms. The molecule has 0 unspecified atom stereocenters. The highest BCUT2D eigenvalue weighted by Crippen LogP contribution is 2.20. The van der Waals surface area contributed by atoms with Crippen molar-refractivity contribution in [1.82, 2.24) is 15.3 Å². The monoisotopic (exact) mass is 393 g/mol. The molecule has 3 rings (SSSR count). The lowest BCUT2D eigenvalue weighted by molar-refractivity contribution is 0.122. The molecule has 0 spiro atoms. The van der Waals surface area contributed by atoms with E-state index in [-0.39, 0.29) is 0 Å². The van der Waals surface area contributed by atoms with Crippen LogP contribution < -0.4 is 20.3 Å². The number of halogens is 1. The van der Waals surface area contributed by atoms with Gasteiger partial charge in [-0.2, -0.15) is 9.97 Å². The van der Waals surface area contributed by atoms with Crippen LogP contribution in [0.2, 0.25) is 5.02 Å². The van der Waals surface area contributed by atoms with Gasteiger partial charge in [0.1, 0.15) is 5.82 Å². The summed E-state index contributed by atoms with van der Waals surface area (Å²) in [5, 5.41) is 7.21. The van der Waals surface area contributed by atoms with Crippen LogP contribution in [0.5, 0.6) is 5.88 Å². The quantitative estimate of drug-likeness (QED) is 0.751. The molecule has 1 aromatic carbocycles. The molecule has 0 atom stereocenters. The van der Waals surface area contributed by atoms with E-state index >= 15 is 0 Å². The van der Waals surface area contributed by atoms with Crippen LogP contribution in [-0.4, -0.2) is 48.5 Å². The molecule has 0 saturated carbocycles.